The minimum Gasteiger partial charge on any atom is -0.507 e. The summed E-state index contributed by atoms with van der Waals surface area (Å²) in [5.41, 5.74) is 1.30. The molecule has 1 saturated heterocycles. The number of likely N-dealkylation sites (tertiary alicyclic amines) is 1. The van der Waals surface area contributed by atoms with Crippen LogP contribution in [0, 0.1) is 6.92 Å². The van der Waals surface area contributed by atoms with Crippen LogP contribution in [0.2, 0.25) is 0 Å². The first kappa shape index (κ1) is 15.6. The van der Waals surface area contributed by atoms with Gasteiger partial charge in [0.05, 0.1) is 0 Å². The number of carbonyl (C=O) groups is 1. The minimum absolute atomic E-state index is 0.248. The van der Waals surface area contributed by atoms with E-state index >= 15 is 0 Å². The fourth-order valence-electron chi connectivity index (χ4n) is 2.20. The van der Waals surface area contributed by atoms with E-state index in [0.717, 1.165) is 11.1 Å². The molecule has 1 aliphatic rings. The molecule has 0 aromatic heterocycles. The van der Waals surface area contributed by atoms with Crippen LogP contribution in [0.3, 0.4) is 0 Å². The van der Waals surface area contributed by atoms with Gasteiger partial charge in [0.1, 0.15) is 11.4 Å². The van der Waals surface area contributed by atoms with Crippen molar-refractivity contribution >= 4 is 6.09 Å². The van der Waals surface area contributed by atoms with Crippen molar-refractivity contribution in [2.75, 3.05) is 13.1 Å². The largest absolute Gasteiger partial charge is 0.507 e. The molecule has 2 N–H and O–H groups in total. The van der Waals surface area contributed by atoms with Crippen LogP contribution in [-0.2, 0) is 11.3 Å². The van der Waals surface area contributed by atoms with Crippen molar-refractivity contribution in [1.82, 2.24) is 10.2 Å². The van der Waals surface area contributed by atoms with E-state index in [1.54, 1.807) is 4.90 Å². The van der Waals surface area contributed by atoms with E-state index in [0.29, 0.717) is 25.4 Å². The van der Waals surface area contributed by atoms with E-state index in [9.17, 15) is 9.90 Å². The van der Waals surface area contributed by atoms with Crippen LogP contribution in [0.5, 0.6) is 5.75 Å². The van der Waals surface area contributed by atoms with Gasteiger partial charge in [-0.15, -0.1) is 0 Å². The van der Waals surface area contributed by atoms with Crippen LogP contribution < -0.4 is 5.32 Å². The highest BCUT2D eigenvalue weighted by Crippen LogP contribution is 2.22. The van der Waals surface area contributed by atoms with Crippen LogP contribution >= 0.6 is 0 Å². The number of hydrogen-bond donors (Lipinski definition) is 2. The molecule has 2 rings (SSSR count). The molecule has 1 aromatic carbocycles. The summed E-state index contributed by atoms with van der Waals surface area (Å²) in [4.78, 5) is 13.5. The molecule has 1 heterocycles. The van der Waals surface area contributed by atoms with Crippen LogP contribution in [0.25, 0.3) is 0 Å². The summed E-state index contributed by atoms with van der Waals surface area (Å²) in [6.07, 6.45) is -0.265. The van der Waals surface area contributed by atoms with Crippen molar-refractivity contribution in [2.24, 2.45) is 0 Å². The number of ether oxygens (including phenoxy) is 1. The lowest BCUT2D eigenvalue weighted by atomic mass is 10.1. The summed E-state index contributed by atoms with van der Waals surface area (Å²) in [7, 11) is 0. The second kappa shape index (κ2) is 5.93. The Balaban J connectivity index is 1.76. The Hall–Kier alpha value is -1.75. The zero-order valence-corrected chi connectivity index (χ0v) is 13.1. The van der Waals surface area contributed by atoms with Gasteiger partial charge in [-0.25, -0.2) is 4.79 Å². The molecule has 0 unspecified atom stereocenters. The predicted octanol–water partition coefficient (Wildman–Crippen LogP) is 2.41. The molecule has 0 spiro atoms. The standard InChI is InChI=1S/C16H24N2O3/c1-11-6-5-7-12(14(11)19)8-17-13-9-18(10-13)15(20)21-16(2,3)4/h5-7,13,17,19H,8-10H2,1-4H3. The van der Waals surface area contributed by atoms with Gasteiger partial charge in [0, 0.05) is 31.2 Å². The summed E-state index contributed by atoms with van der Waals surface area (Å²) >= 11 is 0. The van der Waals surface area contributed by atoms with E-state index in [-0.39, 0.29) is 12.1 Å². The SMILES string of the molecule is Cc1cccc(CNC2CN(C(=O)OC(C)(C)C)C2)c1O. The Labute approximate surface area is 125 Å². The van der Waals surface area contributed by atoms with E-state index in [1.165, 1.54) is 0 Å². The molecule has 0 radical (unpaired) electrons. The van der Waals surface area contributed by atoms with Gasteiger partial charge in [0.2, 0.25) is 0 Å². The monoisotopic (exact) mass is 292 g/mol. The van der Waals surface area contributed by atoms with Gasteiger partial charge in [-0.3, -0.25) is 0 Å². The summed E-state index contributed by atoms with van der Waals surface area (Å²) in [6.45, 7) is 9.35. The average Bonchev–Trinajstić information content (AvgIpc) is 2.30. The van der Waals surface area contributed by atoms with E-state index in [4.69, 9.17) is 4.74 Å². The Morgan fingerprint density at radius 2 is 2.10 bits per heavy atom. The summed E-state index contributed by atoms with van der Waals surface area (Å²) in [6, 6.07) is 5.96. The van der Waals surface area contributed by atoms with Gasteiger partial charge in [-0.05, 0) is 33.3 Å². The van der Waals surface area contributed by atoms with Crippen molar-refractivity contribution in [2.45, 2.75) is 45.9 Å². The van der Waals surface area contributed by atoms with Crippen LogP contribution in [-0.4, -0.2) is 40.8 Å². The number of benzene rings is 1. The molecule has 0 bridgehead atoms. The van der Waals surface area contributed by atoms with Gasteiger partial charge >= 0.3 is 6.09 Å². The lowest BCUT2D eigenvalue weighted by molar-refractivity contribution is 0.00516. The molecule has 5 nitrogen and oxygen atoms in total. The quantitative estimate of drug-likeness (QED) is 0.898. The summed E-state index contributed by atoms with van der Waals surface area (Å²) in [5.74, 6) is 0.341. The number of rotatable bonds is 3. The number of phenols is 1. The molecule has 1 amide bonds. The Bertz CT molecular complexity index is 517. The third-order valence-corrected chi connectivity index (χ3v) is 3.44. The number of nitrogens with one attached hydrogen (secondary N) is 1. The van der Waals surface area contributed by atoms with Gasteiger partial charge in [-0.1, -0.05) is 18.2 Å². The molecule has 116 valence electrons. The fourth-order valence-corrected chi connectivity index (χ4v) is 2.20. The van der Waals surface area contributed by atoms with E-state index in [1.807, 2.05) is 45.9 Å². The zero-order chi connectivity index (χ0) is 15.6. The van der Waals surface area contributed by atoms with Gasteiger partial charge < -0.3 is 20.1 Å². The highest BCUT2D eigenvalue weighted by atomic mass is 16.6. The molecule has 1 aliphatic heterocycles. The molecule has 0 saturated carbocycles. The third-order valence-electron chi connectivity index (χ3n) is 3.44. The molecule has 5 heteroatoms. The number of aromatic hydroxyl groups is 1. The smallest absolute Gasteiger partial charge is 0.410 e. The van der Waals surface area contributed by atoms with E-state index in [2.05, 4.69) is 5.32 Å². The molecule has 1 aromatic rings. The first-order valence-corrected chi connectivity index (χ1v) is 7.25. The van der Waals surface area contributed by atoms with Crippen molar-refractivity contribution in [1.29, 1.82) is 0 Å². The van der Waals surface area contributed by atoms with Crippen molar-refractivity contribution in [3.05, 3.63) is 29.3 Å². The normalized spacial score (nSPS) is 15.7. The van der Waals surface area contributed by atoms with E-state index < -0.39 is 5.60 Å². The molecule has 1 fully saturated rings. The lowest BCUT2D eigenvalue weighted by Gasteiger charge is -2.40. The highest BCUT2D eigenvalue weighted by molar-refractivity contribution is 5.69. The average molecular weight is 292 g/mol. The van der Waals surface area contributed by atoms with Gasteiger partial charge in [0.15, 0.2) is 0 Å². The van der Waals surface area contributed by atoms with Crippen LogP contribution in [0.15, 0.2) is 18.2 Å². The molecular weight excluding hydrogens is 268 g/mol. The molecule has 21 heavy (non-hydrogen) atoms. The van der Waals surface area contributed by atoms with Crippen molar-refractivity contribution < 1.29 is 14.6 Å². The molecule has 0 atom stereocenters. The number of aryl methyl sites for hydroxylation is 1. The summed E-state index contributed by atoms with van der Waals surface area (Å²) in [5, 5.41) is 13.3. The Morgan fingerprint density at radius 3 is 2.71 bits per heavy atom. The fraction of sp³-hybridized carbons (Fsp3) is 0.562. The third kappa shape index (κ3) is 4.11. The van der Waals surface area contributed by atoms with Gasteiger partial charge in [0.25, 0.3) is 0 Å². The predicted molar refractivity (Wildman–Crippen MR) is 81.3 cm³/mol. The first-order valence-electron chi connectivity index (χ1n) is 7.25. The maximum absolute atomic E-state index is 11.8. The van der Waals surface area contributed by atoms with Crippen LogP contribution in [0.4, 0.5) is 4.79 Å². The number of nitrogens with zero attached hydrogens (tertiary/aromatic N) is 1. The first-order chi connectivity index (χ1) is 9.76. The second-order valence-electron chi connectivity index (χ2n) is 6.55. The van der Waals surface area contributed by atoms with Crippen LogP contribution in [0.1, 0.15) is 31.9 Å². The number of carbonyl (C=O) groups excluding carboxylic acids is 1. The number of phenolic OH excluding ortho intramolecular Hbond substituents is 1. The van der Waals surface area contributed by atoms with Crippen molar-refractivity contribution in [3.8, 4) is 5.75 Å². The van der Waals surface area contributed by atoms with Crippen molar-refractivity contribution in [3.63, 3.8) is 0 Å². The van der Waals surface area contributed by atoms with Gasteiger partial charge in [-0.2, -0.15) is 0 Å². The number of hydrogen-bond acceptors (Lipinski definition) is 4. The molecule has 0 aliphatic carbocycles. The zero-order valence-electron chi connectivity index (χ0n) is 13.1. The molecular formula is C16H24N2O3. The minimum atomic E-state index is -0.455. The maximum atomic E-state index is 11.8. The summed E-state index contributed by atoms with van der Waals surface area (Å²) < 4.78 is 5.31. The topological polar surface area (TPSA) is 61.8 Å². The highest BCUT2D eigenvalue weighted by Gasteiger charge is 2.33. The number of amides is 1. The lowest BCUT2D eigenvalue weighted by Crippen LogP contribution is -2.60. The Morgan fingerprint density at radius 1 is 1.43 bits per heavy atom. The number of para-hydroxylation sites is 1. The second-order valence-corrected chi connectivity index (χ2v) is 6.55. The maximum Gasteiger partial charge on any atom is 0.410 e. The Kier molecular flexibility index (Phi) is 4.42.